The molecular weight excluding hydrogens is 368 g/mol. The number of fused-ring (bicyclic) bond motifs is 1. The second-order valence-corrected chi connectivity index (χ2v) is 5.96. The summed E-state index contributed by atoms with van der Waals surface area (Å²) < 4.78 is 54.4. The third-order valence-electron chi connectivity index (χ3n) is 4.24. The van der Waals surface area contributed by atoms with Gasteiger partial charge in [0.25, 0.3) is 18.8 Å². The van der Waals surface area contributed by atoms with Crippen molar-refractivity contribution in [1.29, 1.82) is 0 Å². The van der Waals surface area contributed by atoms with E-state index in [-0.39, 0.29) is 17.9 Å². The summed E-state index contributed by atoms with van der Waals surface area (Å²) in [6.07, 6.45) is -6.07. The molecule has 11 heteroatoms. The number of nitrogens with one attached hydrogen (secondary N) is 1. The molecule has 0 saturated heterocycles. The van der Waals surface area contributed by atoms with Gasteiger partial charge in [-0.3, -0.25) is 9.48 Å². The quantitative estimate of drug-likeness (QED) is 0.687. The van der Waals surface area contributed by atoms with E-state index < -0.39 is 30.1 Å². The molecule has 0 atom stereocenters. The number of amides is 1. The zero-order valence-electron chi connectivity index (χ0n) is 14.7. The number of carbonyl (C=O) groups is 1. The Morgan fingerprint density at radius 3 is 2.41 bits per heavy atom. The first-order valence-corrected chi connectivity index (χ1v) is 7.93. The predicted molar refractivity (Wildman–Crippen MR) is 86.8 cm³/mol. The molecule has 0 spiro atoms. The van der Waals surface area contributed by atoms with Gasteiger partial charge in [0, 0.05) is 30.9 Å². The summed E-state index contributed by atoms with van der Waals surface area (Å²) in [5.74, 6) is -0.637. The van der Waals surface area contributed by atoms with Crippen LogP contribution in [0.25, 0.3) is 5.65 Å². The van der Waals surface area contributed by atoms with E-state index in [0.29, 0.717) is 10.6 Å². The second kappa shape index (κ2) is 6.97. The van der Waals surface area contributed by atoms with Crippen LogP contribution in [-0.2, 0) is 13.6 Å². The molecule has 0 aliphatic heterocycles. The van der Waals surface area contributed by atoms with Gasteiger partial charge >= 0.3 is 0 Å². The van der Waals surface area contributed by atoms with Crippen molar-refractivity contribution >= 4 is 11.6 Å². The van der Waals surface area contributed by atoms with Gasteiger partial charge in [-0.1, -0.05) is 0 Å². The van der Waals surface area contributed by atoms with Gasteiger partial charge < -0.3 is 5.32 Å². The van der Waals surface area contributed by atoms with Crippen molar-refractivity contribution < 1.29 is 22.4 Å². The molecular formula is C16H16F4N6O. The first kappa shape index (κ1) is 18.8. The first-order valence-electron chi connectivity index (χ1n) is 7.93. The first-order chi connectivity index (χ1) is 12.7. The minimum absolute atomic E-state index is 0.162. The van der Waals surface area contributed by atoms with Crippen LogP contribution in [-0.4, -0.2) is 30.3 Å². The molecule has 3 heterocycles. The lowest BCUT2D eigenvalue weighted by atomic mass is 10.2. The van der Waals surface area contributed by atoms with Crippen molar-refractivity contribution in [3.05, 3.63) is 46.2 Å². The predicted octanol–water partition coefficient (Wildman–Crippen LogP) is 2.88. The van der Waals surface area contributed by atoms with Crippen molar-refractivity contribution in [3.8, 4) is 0 Å². The van der Waals surface area contributed by atoms with Crippen LogP contribution < -0.4 is 5.32 Å². The third kappa shape index (κ3) is 3.49. The smallest absolute Gasteiger partial charge is 0.280 e. The Morgan fingerprint density at radius 2 is 1.85 bits per heavy atom. The summed E-state index contributed by atoms with van der Waals surface area (Å²) in [7, 11) is 1.77. The molecule has 0 unspecified atom stereocenters. The molecule has 0 fully saturated rings. The van der Waals surface area contributed by atoms with Crippen LogP contribution in [0.3, 0.4) is 0 Å². The Hall–Kier alpha value is -2.98. The van der Waals surface area contributed by atoms with Gasteiger partial charge in [-0.25, -0.2) is 27.1 Å². The lowest BCUT2D eigenvalue weighted by Crippen LogP contribution is -2.24. The highest BCUT2D eigenvalue weighted by Gasteiger charge is 2.22. The molecule has 0 aliphatic carbocycles. The number of aryl methyl sites for hydroxylation is 2. The maximum atomic E-state index is 13.2. The SMILES string of the molecule is Cc1nn(C)c(C)c1CNC(=O)c1cc2nc(C(F)F)cc(C(F)F)n2n1. The second-order valence-electron chi connectivity index (χ2n) is 5.96. The zero-order chi connectivity index (χ0) is 19.9. The molecule has 1 N–H and O–H groups in total. The van der Waals surface area contributed by atoms with Crippen LogP contribution in [0.15, 0.2) is 12.1 Å². The molecule has 0 aliphatic rings. The van der Waals surface area contributed by atoms with E-state index in [2.05, 4.69) is 20.5 Å². The fourth-order valence-corrected chi connectivity index (χ4v) is 2.73. The summed E-state index contributed by atoms with van der Waals surface area (Å²) in [4.78, 5) is 15.9. The summed E-state index contributed by atoms with van der Waals surface area (Å²) in [6, 6.07) is 1.68. The fourth-order valence-electron chi connectivity index (χ4n) is 2.73. The highest BCUT2D eigenvalue weighted by atomic mass is 19.3. The number of rotatable bonds is 5. The molecule has 7 nitrogen and oxygen atoms in total. The van der Waals surface area contributed by atoms with E-state index in [1.807, 2.05) is 6.92 Å². The van der Waals surface area contributed by atoms with E-state index in [0.717, 1.165) is 23.0 Å². The molecule has 144 valence electrons. The Labute approximate surface area is 151 Å². The number of aromatic nitrogens is 5. The Kier molecular flexibility index (Phi) is 4.85. The molecule has 0 aromatic carbocycles. The molecule has 3 aromatic rings. The highest BCUT2D eigenvalue weighted by molar-refractivity contribution is 5.93. The fraction of sp³-hybridized carbons (Fsp3) is 0.375. The number of nitrogens with zero attached hydrogens (tertiary/aromatic N) is 5. The molecule has 0 bridgehead atoms. The summed E-state index contributed by atoms with van der Waals surface area (Å²) in [6.45, 7) is 3.80. The molecule has 3 rings (SSSR count). The number of alkyl halides is 4. The Bertz CT molecular complexity index is 1010. The topological polar surface area (TPSA) is 77.1 Å². The monoisotopic (exact) mass is 384 g/mol. The largest absolute Gasteiger partial charge is 0.346 e. The normalized spacial score (nSPS) is 11.7. The van der Waals surface area contributed by atoms with Gasteiger partial charge in [-0.2, -0.15) is 10.2 Å². The van der Waals surface area contributed by atoms with Crippen LogP contribution in [0.5, 0.6) is 0 Å². The van der Waals surface area contributed by atoms with E-state index >= 15 is 0 Å². The van der Waals surface area contributed by atoms with Crippen molar-refractivity contribution in [3.63, 3.8) is 0 Å². The Balaban J connectivity index is 1.90. The number of hydrogen-bond donors (Lipinski definition) is 1. The van der Waals surface area contributed by atoms with Crippen LogP contribution in [0.2, 0.25) is 0 Å². The van der Waals surface area contributed by atoms with Gasteiger partial charge in [-0.05, 0) is 19.9 Å². The molecule has 3 aromatic heterocycles. The van der Waals surface area contributed by atoms with Crippen molar-refractivity contribution in [1.82, 2.24) is 29.7 Å². The average molecular weight is 384 g/mol. The lowest BCUT2D eigenvalue weighted by Gasteiger charge is -2.06. The maximum absolute atomic E-state index is 13.2. The maximum Gasteiger partial charge on any atom is 0.280 e. The number of carbonyl (C=O) groups excluding carboxylic acids is 1. The van der Waals surface area contributed by atoms with Crippen LogP contribution in [0.1, 0.15) is 51.7 Å². The van der Waals surface area contributed by atoms with Gasteiger partial charge in [0.15, 0.2) is 11.3 Å². The molecule has 27 heavy (non-hydrogen) atoms. The van der Waals surface area contributed by atoms with E-state index in [9.17, 15) is 22.4 Å². The standard InChI is InChI=1S/C16H16F4N6O/c1-7-9(8(2)25(3)23-7)6-21-16(27)11-5-13-22-10(14(17)18)4-12(15(19)20)26(13)24-11/h4-5,14-15H,6H2,1-3H3,(H,21,27). The van der Waals surface area contributed by atoms with E-state index in [1.165, 1.54) is 0 Å². The van der Waals surface area contributed by atoms with Gasteiger partial charge in [0.2, 0.25) is 0 Å². The zero-order valence-corrected chi connectivity index (χ0v) is 14.7. The van der Waals surface area contributed by atoms with Crippen molar-refractivity contribution in [2.75, 3.05) is 0 Å². The highest BCUT2D eigenvalue weighted by Crippen LogP contribution is 2.25. The summed E-state index contributed by atoms with van der Waals surface area (Å²) in [5, 5.41) is 10.7. The van der Waals surface area contributed by atoms with Gasteiger partial charge in [0.1, 0.15) is 11.4 Å². The number of halogens is 4. The molecule has 0 radical (unpaired) electrons. The summed E-state index contributed by atoms with van der Waals surface area (Å²) >= 11 is 0. The minimum Gasteiger partial charge on any atom is -0.346 e. The van der Waals surface area contributed by atoms with Crippen LogP contribution in [0, 0.1) is 13.8 Å². The summed E-state index contributed by atoms with van der Waals surface area (Å²) in [5.41, 5.74) is 0.428. The molecule has 1 amide bonds. The van der Waals surface area contributed by atoms with Crippen molar-refractivity contribution in [2.45, 2.75) is 33.2 Å². The van der Waals surface area contributed by atoms with Gasteiger partial charge in [-0.15, -0.1) is 0 Å². The van der Waals surface area contributed by atoms with E-state index in [1.54, 1.807) is 18.7 Å². The third-order valence-corrected chi connectivity index (χ3v) is 4.24. The Morgan fingerprint density at radius 1 is 1.15 bits per heavy atom. The lowest BCUT2D eigenvalue weighted by molar-refractivity contribution is 0.0944. The minimum atomic E-state index is -3.05. The van der Waals surface area contributed by atoms with Crippen molar-refractivity contribution in [2.24, 2.45) is 7.05 Å². The van der Waals surface area contributed by atoms with E-state index in [4.69, 9.17) is 0 Å². The van der Waals surface area contributed by atoms with Crippen LogP contribution >= 0.6 is 0 Å². The molecule has 0 saturated carbocycles. The van der Waals surface area contributed by atoms with Gasteiger partial charge in [0.05, 0.1) is 5.69 Å². The number of hydrogen-bond acceptors (Lipinski definition) is 4. The van der Waals surface area contributed by atoms with Crippen LogP contribution in [0.4, 0.5) is 17.6 Å². The average Bonchev–Trinajstić information content (AvgIpc) is 3.13.